The topological polar surface area (TPSA) is 0 Å². The third-order valence-corrected chi connectivity index (χ3v) is 4.94. The van der Waals surface area contributed by atoms with Crippen LogP contribution in [0.5, 0.6) is 0 Å². The minimum Gasteiger partial charge on any atom is -0.0620 e. The van der Waals surface area contributed by atoms with Gasteiger partial charge in [0.15, 0.2) is 0 Å². The van der Waals surface area contributed by atoms with E-state index in [1.807, 2.05) is 0 Å². The molecule has 0 N–H and O–H groups in total. The van der Waals surface area contributed by atoms with Crippen molar-refractivity contribution in [1.82, 2.24) is 0 Å². The van der Waals surface area contributed by atoms with Crippen molar-refractivity contribution in [2.24, 2.45) is 0 Å². The summed E-state index contributed by atoms with van der Waals surface area (Å²) in [5.41, 5.74) is 7.94. The molecule has 1 atom stereocenters. The highest BCUT2D eigenvalue weighted by atomic mass is 14.3. The highest BCUT2D eigenvalue weighted by Crippen LogP contribution is 2.34. The fraction of sp³-hybridized carbons (Fsp3) is 0.368. The zero-order valence-corrected chi connectivity index (χ0v) is 11.4. The molecule has 2 aromatic rings. The van der Waals surface area contributed by atoms with Crippen LogP contribution >= 0.6 is 0 Å². The van der Waals surface area contributed by atoms with Crippen molar-refractivity contribution in [3.8, 4) is 0 Å². The number of rotatable bonds is 1. The molecule has 4 rings (SSSR count). The lowest BCUT2D eigenvalue weighted by Gasteiger charge is -2.25. The second-order valence-corrected chi connectivity index (χ2v) is 6.09. The molecule has 0 nitrogen and oxygen atoms in total. The van der Waals surface area contributed by atoms with Crippen molar-refractivity contribution >= 4 is 0 Å². The monoisotopic (exact) mass is 248 g/mol. The molecule has 0 heterocycles. The molecule has 0 radical (unpaired) electrons. The van der Waals surface area contributed by atoms with Gasteiger partial charge in [-0.1, -0.05) is 42.5 Å². The second kappa shape index (κ2) is 4.52. The van der Waals surface area contributed by atoms with E-state index in [0.717, 1.165) is 5.92 Å². The Bertz CT molecular complexity index is 609. The summed E-state index contributed by atoms with van der Waals surface area (Å²) >= 11 is 0. The second-order valence-electron chi connectivity index (χ2n) is 6.09. The first-order valence-corrected chi connectivity index (χ1v) is 7.58. The van der Waals surface area contributed by atoms with Gasteiger partial charge in [-0.3, -0.25) is 0 Å². The maximum atomic E-state index is 2.50. The molecule has 2 aliphatic carbocycles. The molecule has 2 aliphatic rings. The van der Waals surface area contributed by atoms with Gasteiger partial charge in [-0.05, 0) is 72.3 Å². The lowest BCUT2D eigenvalue weighted by molar-refractivity contribution is 0.584. The van der Waals surface area contributed by atoms with Gasteiger partial charge in [0.25, 0.3) is 0 Å². The van der Waals surface area contributed by atoms with Crippen LogP contribution in [0.2, 0.25) is 0 Å². The molecule has 0 amide bonds. The van der Waals surface area contributed by atoms with Gasteiger partial charge in [-0.25, -0.2) is 0 Å². The molecule has 0 aromatic heterocycles. The van der Waals surface area contributed by atoms with Gasteiger partial charge >= 0.3 is 0 Å². The molecule has 0 saturated heterocycles. The van der Waals surface area contributed by atoms with Crippen LogP contribution in [0, 0.1) is 0 Å². The number of fused-ring (bicyclic) bond motifs is 2. The Morgan fingerprint density at radius 3 is 2.47 bits per heavy atom. The molecule has 0 saturated carbocycles. The van der Waals surface area contributed by atoms with Crippen molar-refractivity contribution in [2.45, 2.75) is 44.4 Å². The lowest BCUT2D eigenvalue weighted by atomic mass is 9.80. The van der Waals surface area contributed by atoms with Gasteiger partial charge < -0.3 is 0 Å². The fourth-order valence-corrected chi connectivity index (χ4v) is 3.83. The van der Waals surface area contributed by atoms with Crippen LogP contribution in [0.4, 0.5) is 0 Å². The molecule has 0 aliphatic heterocycles. The molecule has 0 fully saturated rings. The number of benzene rings is 2. The first kappa shape index (κ1) is 11.3. The van der Waals surface area contributed by atoms with Crippen molar-refractivity contribution < 1.29 is 0 Å². The summed E-state index contributed by atoms with van der Waals surface area (Å²) in [7, 11) is 0. The average Bonchev–Trinajstić information content (AvgIpc) is 2.94. The molecular weight excluding hydrogens is 228 g/mol. The highest BCUT2D eigenvalue weighted by Gasteiger charge is 2.21. The first-order chi connectivity index (χ1) is 9.40. The maximum Gasteiger partial charge on any atom is -0.0118 e. The predicted molar refractivity (Wildman–Crippen MR) is 79.7 cm³/mol. The molecule has 19 heavy (non-hydrogen) atoms. The Balaban J connectivity index is 1.64. The van der Waals surface area contributed by atoms with Crippen molar-refractivity contribution in [1.29, 1.82) is 0 Å². The molecule has 0 spiro atoms. The summed E-state index contributed by atoms with van der Waals surface area (Å²) in [5, 5.41) is 0. The van der Waals surface area contributed by atoms with Crippen LogP contribution < -0.4 is 0 Å². The summed E-state index contributed by atoms with van der Waals surface area (Å²) in [6.45, 7) is 0. The van der Waals surface area contributed by atoms with Crippen LogP contribution in [-0.4, -0.2) is 0 Å². The van der Waals surface area contributed by atoms with Gasteiger partial charge in [0.1, 0.15) is 0 Å². The van der Waals surface area contributed by atoms with E-state index in [2.05, 4.69) is 42.5 Å². The molecule has 0 bridgehead atoms. The largest absolute Gasteiger partial charge is 0.0620 e. The lowest BCUT2D eigenvalue weighted by Crippen LogP contribution is -2.12. The quantitative estimate of drug-likeness (QED) is 0.699. The van der Waals surface area contributed by atoms with E-state index < -0.39 is 0 Å². The first-order valence-electron chi connectivity index (χ1n) is 7.58. The van der Waals surface area contributed by atoms with Crippen molar-refractivity contribution in [3.63, 3.8) is 0 Å². The van der Waals surface area contributed by atoms with Gasteiger partial charge in [0.05, 0.1) is 0 Å². The van der Waals surface area contributed by atoms with Gasteiger partial charge in [-0.15, -0.1) is 0 Å². The smallest absolute Gasteiger partial charge is 0.0118 e. The van der Waals surface area contributed by atoms with E-state index in [4.69, 9.17) is 0 Å². The van der Waals surface area contributed by atoms with E-state index in [-0.39, 0.29) is 0 Å². The van der Waals surface area contributed by atoms with E-state index >= 15 is 0 Å². The Morgan fingerprint density at radius 1 is 0.737 bits per heavy atom. The number of hydrogen-bond donors (Lipinski definition) is 0. The zero-order chi connectivity index (χ0) is 12.7. The number of hydrogen-bond acceptors (Lipinski definition) is 0. The van der Waals surface area contributed by atoms with Crippen LogP contribution in [0.1, 0.15) is 46.6 Å². The minimum atomic E-state index is 0.737. The molecule has 0 heteroatoms. The summed E-state index contributed by atoms with van der Waals surface area (Å²) in [4.78, 5) is 0. The number of aryl methyl sites for hydroxylation is 3. The maximum absolute atomic E-state index is 2.50. The Morgan fingerprint density at radius 2 is 1.53 bits per heavy atom. The third-order valence-electron chi connectivity index (χ3n) is 4.94. The van der Waals surface area contributed by atoms with E-state index in [1.54, 1.807) is 27.8 Å². The van der Waals surface area contributed by atoms with Crippen LogP contribution in [-0.2, 0) is 25.7 Å². The Kier molecular flexibility index (Phi) is 2.69. The SMILES string of the molecule is c1ccc2c(c1)CCC(c1ccc3c(c1)CCC3)C2. The summed E-state index contributed by atoms with van der Waals surface area (Å²) in [6.07, 6.45) is 7.74. The van der Waals surface area contributed by atoms with Crippen LogP contribution in [0.15, 0.2) is 42.5 Å². The normalized spacial score (nSPS) is 20.9. The Labute approximate surface area is 115 Å². The van der Waals surface area contributed by atoms with Gasteiger partial charge in [0.2, 0.25) is 0 Å². The Hall–Kier alpha value is -1.56. The fourth-order valence-electron chi connectivity index (χ4n) is 3.83. The van der Waals surface area contributed by atoms with E-state index in [9.17, 15) is 0 Å². The average molecular weight is 248 g/mol. The summed E-state index contributed by atoms with van der Waals surface area (Å²) < 4.78 is 0. The van der Waals surface area contributed by atoms with Crippen molar-refractivity contribution in [3.05, 3.63) is 70.3 Å². The standard InChI is InChI=1S/C19H20/c1-2-5-16-12-18(10-8-14(16)4-1)19-11-9-15-6-3-7-17(15)13-19/h1-2,4-5,9,11,13,18H,3,6-8,10,12H2. The predicted octanol–water partition coefficient (Wildman–Crippen LogP) is 4.45. The molecular formula is C19H20. The van der Waals surface area contributed by atoms with Gasteiger partial charge in [-0.2, -0.15) is 0 Å². The zero-order valence-electron chi connectivity index (χ0n) is 11.4. The van der Waals surface area contributed by atoms with Crippen LogP contribution in [0.3, 0.4) is 0 Å². The molecule has 2 aromatic carbocycles. The van der Waals surface area contributed by atoms with Crippen molar-refractivity contribution in [2.75, 3.05) is 0 Å². The summed E-state index contributed by atoms with van der Waals surface area (Å²) in [6, 6.07) is 16.3. The van der Waals surface area contributed by atoms with E-state index in [1.165, 1.54) is 38.5 Å². The van der Waals surface area contributed by atoms with E-state index in [0.29, 0.717) is 0 Å². The van der Waals surface area contributed by atoms with Gasteiger partial charge in [0, 0.05) is 0 Å². The molecule has 96 valence electrons. The summed E-state index contributed by atoms with van der Waals surface area (Å²) in [5.74, 6) is 0.737. The highest BCUT2D eigenvalue weighted by molar-refractivity contribution is 5.39. The minimum absolute atomic E-state index is 0.737. The van der Waals surface area contributed by atoms with Crippen LogP contribution in [0.25, 0.3) is 0 Å². The third kappa shape index (κ3) is 2.00. The molecule has 1 unspecified atom stereocenters.